The Bertz CT molecular complexity index is 901. The van der Waals surface area contributed by atoms with E-state index >= 15 is 0 Å². The number of nitrogens with one attached hydrogen (secondary N) is 1. The van der Waals surface area contributed by atoms with Gasteiger partial charge in [-0.05, 0) is 41.3 Å². The third kappa shape index (κ3) is 3.88. The van der Waals surface area contributed by atoms with E-state index in [0.717, 1.165) is 5.56 Å². The minimum absolute atomic E-state index is 0.0556. The molecule has 3 aromatic rings. The van der Waals surface area contributed by atoms with Gasteiger partial charge in [0.15, 0.2) is 11.5 Å². The predicted octanol–water partition coefficient (Wildman–Crippen LogP) is 3.42. The quantitative estimate of drug-likeness (QED) is 0.736. The molecule has 0 bridgehead atoms. The first-order valence-corrected chi connectivity index (χ1v) is 8.28. The highest BCUT2D eigenvalue weighted by Crippen LogP contribution is 2.18. The van der Waals surface area contributed by atoms with Gasteiger partial charge in [0.05, 0.1) is 6.54 Å². The van der Waals surface area contributed by atoms with Crippen LogP contribution >= 0.6 is 0 Å². The second-order valence-electron chi connectivity index (χ2n) is 6.34. The lowest BCUT2D eigenvalue weighted by atomic mass is 10.0. The predicted molar refractivity (Wildman–Crippen MR) is 98.4 cm³/mol. The lowest BCUT2D eigenvalue weighted by Crippen LogP contribution is -2.15. The Morgan fingerprint density at radius 2 is 1.81 bits per heavy atom. The summed E-state index contributed by atoms with van der Waals surface area (Å²) in [4.78, 5) is 12.4. The highest BCUT2D eigenvalue weighted by atomic mass is 19.1. The molecule has 1 aromatic heterocycles. The van der Waals surface area contributed by atoms with Crippen LogP contribution in [0.4, 0.5) is 15.9 Å². The van der Waals surface area contributed by atoms with E-state index in [1.807, 2.05) is 24.3 Å². The molecule has 2 aromatic carbocycles. The lowest BCUT2D eigenvalue weighted by Gasteiger charge is -2.08. The van der Waals surface area contributed by atoms with Crippen molar-refractivity contribution in [3.05, 3.63) is 71.2 Å². The monoisotopic (exact) mass is 353 g/mol. The molecule has 0 aliphatic heterocycles. The molecule has 0 saturated carbocycles. The van der Waals surface area contributed by atoms with Gasteiger partial charge in [0.2, 0.25) is 0 Å². The number of nitrogens with two attached hydrogens (primary N) is 1. The van der Waals surface area contributed by atoms with E-state index in [9.17, 15) is 9.18 Å². The first kappa shape index (κ1) is 17.6. The fraction of sp³-hybridized carbons (Fsp3) is 0.211. The van der Waals surface area contributed by atoms with Gasteiger partial charge in [-0.15, -0.1) is 5.10 Å². The number of hydrogen-bond donors (Lipinski definition) is 2. The summed E-state index contributed by atoms with van der Waals surface area (Å²) >= 11 is 0. The van der Waals surface area contributed by atoms with Gasteiger partial charge in [0, 0.05) is 5.69 Å². The molecular formula is C19H20FN5O. The summed E-state index contributed by atoms with van der Waals surface area (Å²) in [6.45, 7) is 4.51. The Morgan fingerprint density at radius 1 is 1.15 bits per heavy atom. The minimum Gasteiger partial charge on any atom is -0.382 e. The lowest BCUT2D eigenvalue weighted by molar-refractivity contribution is 0.102. The van der Waals surface area contributed by atoms with Crippen molar-refractivity contribution < 1.29 is 9.18 Å². The smallest absolute Gasteiger partial charge is 0.280 e. The van der Waals surface area contributed by atoms with Gasteiger partial charge >= 0.3 is 0 Å². The molecule has 0 atom stereocenters. The summed E-state index contributed by atoms with van der Waals surface area (Å²) in [5.41, 5.74) is 8.71. The number of hydrogen-bond acceptors (Lipinski definition) is 4. The van der Waals surface area contributed by atoms with Gasteiger partial charge in [0.1, 0.15) is 5.82 Å². The topological polar surface area (TPSA) is 85.8 Å². The van der Waals surface area contributed by atoms with Crippen LogP contribution in [0.1, 0.15) is 41.4 Å². The average Bonchev–Trinajstić information content (AvgIpc) is 2.98. The standard InChI is InChI=1S/C19H20FN5O/c1-12(2)14-5-9-16(10-6-14)22-19(26)17-18(21)25(24-23-17)11-13-3-7-15(20)8-4-13/h3-10,12H,11,21H2,1-2H3,(H,22,26). The van der Waals surface area contributed by atoms with Crippen LogP contribution in [0.15, 0.2) is 48.5 Å². The van der Waals surface area contributed by atoms with Gasteiger partial charge in [0.25, 0.3) is 5.91 Å². The van der Waals surface area contributed by atoms with E-state index in [1.165, 1.54) is 22.4 Å². The van der Waals surface area contributed by atoms with Crippen LogP contribution < -0.4 is 11.1 Å². The first-order chi connectivity index (χ1) is 12.4. The van der Waals surface area contributed by atoms with Crippen molar-refractivity contribution in [1.29, 1.82) is 0 Å². The molecule has 0 radical (unpaired) electrons. The van der Waals surface area contributed by atoms with Crippen LogP contribution in [0.2, 0.25) is 0 Å². The molecule has 0 fully saturated rings. The van der Waals surface area contributed by atoms with E-state index in [1.54, 1.807) is 12.1 Å². The Morgan fingerprint density at radius 3 is 2.42 bits per heavy atom. The van der Waals surface area contributed by atoms with Crippen LogP contribution in [-0.4, -0.2) is 20.9 Å². The maximum Gasteiger partial charge on any atom is 0.280 e. The van der Waals surface area contributed by atoms with Gasteiger partial charge in [-0.2, -0.15) is 0 Å². The van der Waals surface area contributed by atoms with Crippen molar-refractivity contribution in [3.8, 4) is 0 Å². The molecule has 0 aliphatic carbocycles. The number of benzene rings is 2. The third-order valence-electron chi connectivity index (χ3n) is 4.07. The molecule has 1 amide bonds. The highest BCUT2D eigenvalue weighted by Gasteiger charge is 2.18. The Labute approximate surface area is 150 Å². The van der Waals surface area contributed by atoms with Crippen molar-refractivity contribution >= 4 is 17.4 Å². The SMILES string of the molecule is CC(C)c1ccc(NC(=O)c2nnn(Cc3ccc(F)cc3)c2N)cc1. The Balaban J connectivity index is 1.72. The average molecular weight is 353 g/mol. The zero-order chi connectivity index (χ0) is 18.7. The van der Waals surface area contributed by atoms with E-state index in [-0.39, 0.29) is 17.3 Å². The molecule has 1 heterocycles. The summed E-state index contributed by atoms with van der Waals surface area (Å²) in [5, 5.41) is 10.6. The molecule has 0 unspecified atom stereocenters. The number of aromatic nitrogens is 3. The molecule has 3 N–H and O–H groups in total. The number of carbonyl (C=O) groups is 1. The van der Waals surface area contributed by atoms with Crippen LogP contribution in [0.5, 0.6) is 0 Å². The minimum atomic E-state index is -0.426. The molecule has 134 valence electrons. The van der Waals surface area contributed by atoms with Crippen molar-refractivity contribution in [1.82, 2.24) is 15.0 Å². The van der Waals surface area contributed by atoms with Gasteiger partial charge in [-0.3, -0.25) is 4.79 Å². The van der Waals surface area contributed by atoms with Crippen molar-refractivity contribution in [3.63, 3.8) is 0 Å². The molecule has 0 spiro atoms. The number of halogens is 1. The number of rotatable bonds is 5. The van der Waals surface area contributed by atoms with Crippen molar-refractivity contribution in [2.45, 2.75) is 26.3 Å². The second-order valence-corrected chi connectivity index (χ2v) is 6.34. The highest BCUT2D eigenvalue weighted by molar-refractivity contribution is 6.05. The maximum absolute atomic E-state index is 13.0. The van der Waals surface area contributed by atoms with Gasteiger partial charge < -0.3 is 11.1 Å². The third-order valence-corrected chi connectivity index (χ3v) is 4.07. The van der Waals surface area contributed by atoms with Crippen LogP contribution in [0.3, 0.4) is 0 Å². The van der Waals surface area contributed by atoms with Crippen LogP contribution in [0, 0.1) is 5.82 Å². The molecule has 6 nitrogen and oxygen atoms in total. The molecule has 0 saturated heterocycles. The van der Waals surface area contributed by atoms with Crippen LogP contribution in [-0.2, 0) is 6.54 Å². The summed E-state index contributed by atoms with van der Waals surface area (Å²) in [6, 6.07) is 13.6. The number of amides is 1. The number of anilines is 2. The maximum atomic E-state index is 13.0. The Kier molecular flexibility index (Phi) is 4.97. The molecule has 3 rings (SSSR count). The summed E-state index contributed by atoms with van der Waals surface area (Å²) < 4.78 is 14.4. The largest absolute Gasteiger partial charge is 0.382 e. The molecule has 7 heteroatoms. The van der Waals surface area contributed by atoms with Crippen LogP contribution in [0.25, 0.3) is 0 Å². The van der Waals surface area contributed by atoms with E-state index in [0.29, 0.717) is 18.2 Å². The summed E-state index contributed by atoms with van der Waals surface area (Å²) in [6.07, 6.45) is 0. The van der Waals surface area contributed by atoms with E-state index < -0.39 is 5.91 Å². The fourth-order valence-corrected chi connectivity index (χ4v) is 2.50. The zero-order valence-electron chi connectivity index (χ0n) is 14.6. The number of carbonyl (C=O) groups excluding carboxylic acids is 1. The molecule has 26 heavy (non-hydrogen) atoms. The first-order valence-electron chi connectivity index (χ1n) is 8.28. The number of nitrogen functional groups attached to an aromatic ring is 1. The van der Waals surface area contributed by atoms with E-state index in [4.69, 9.17) is 5.73 Å². The van der Waals surface area contributed by atoms with Crippen molar-refractivity contribution in [2.75, 3.05) is 11.1 Å². The summed E-state index contributed by atoms with van der Waals surface area (Å²) in [5.74, 6) is -0.165. The molecule has 0 aliphatic rings. The Hall–Kier alpha value is -3.22. The number of nitrogens with zero attached hydrogens (tertiary/aromatic N) is 3. The molecular weight excluding hydrogens is 333 g/mol. The summed E-state index contributed by atoms with van der Waals surface area (Å²) in [7, 11) is 0. The second kappa shape index (κ2) is 7.35. The van der Waals surface area contributed by atoms with E-state index in [2.05, 4.69) is 29.5 Å². The van der Waals surface area contributed by atoms with Gasteiger partial charge in [-0.25, -0.2) is 9.07 Å². The zero-order valence-corrected chi connectivity index (χ0v) is 14.6. The fourth-order valence-electron chi connectivity index (χ4n) is 2.50. The van der Waals surface area contributed by atoms with Gasteiger partial charge in [-0.1, -0.05) is 43.3 Å². The normalized spacial score (nSPS) is 10.9. The van der Waals surface area contributed by atoms with Crippen molar-refractivity contribution in [2.24, 2.45) is 0 Å².